The normalized spacial score (nSPS) is 14.1. The van der Waals surface area contributed by atoms with Crippen molar-refractivity contribution in [2.24, 2.45) is 11.1 Å². The average molecular weight is 878 g/mol. The third-order valence-corrected chi connectivity index (χ3v) is 9.61. The molecular formula is C42H52F5N7O8. The summed E-state index contributed by atoms with van der Waals surface area (Å²) < 4.78 is 62.8. The minimum absolute atomic E-state index is 0.00129. The van der Waals surface area contributed by atoms with Gasteiger partial charge >= 0.3 is 12.1 Å². The van der Waals surface area contributed by atoms with Gasteiger partial charge in [-0.3, -0.25) is 28.9 Å². The number of nitrogens with one attached hydrogen (secondary N) is 2. The summed E-state index contributed by atoms with van der Waals surface area (Å²) in [5.41, 5.74) is 6.66. The summed E-state index contributed by atoms with van der Waals surface area (Å²) in [4.78, 5) is 78.3. The van der Waals surface area contributed by atoms with Crippen molar-refractivity contribution in [2.75, 3.05) is 26.2 Å². The van der Waals surface area contributed by atoms with E-state index in [-0.39, 0.29) is 24.2 Å². The summed E-state index contributed by atoms with van der Waals surface area (Å²) in [6, 6.07) is 9.94. The molecule has 0 aliphatic carbocycles. The number of aliphatic hydroxyl groups excluding tert-OH is 1. The number of carbonyl (C=O) groups excluding carboxylic acids is 5. The second kappa shape index (κ2) is 22.7. The Morgan fingerprint density at radius 2 is 1.45 bits per heavy atom. The number of aliphatic hydroxyl groups is 1. The highest BCUT2D eigenvalue weighted by Gasteiger charge is 2.39. The van der Waals surface area contributed by atoms with Gasteiger partial charge in [-0.05, 0) is 55.4 Å². The van der Waals surface area contributed by atoms with E-state index in [1.165, 1.54) is 11.8 Å². The third kappa shape index (κ3) is 14.6. The standard InChI is InChI=1S/C40H51F2N7O6.C2HF3O2/c1-26(49-33(51)16-17-34(49)52)38(54)44-19-10-5-6-11-20-45-39(55)31(43)18-21-48(35(53)25-50)36(40(2,3)4)37-46-32(29-22-28(41)14-15-30(29)42)24-47(37)23-27-12-8-7-9-13-27;3-2(4,5)1(6)7/h7-9,12-17,22,24,26,31,36,50H,5-6,10-11,18-21,23,25,43H2,1-4H3,(H,44,54)(H,45,55);(H,6,7)/t26-,31+,36+;/m1./s1. The van der Waals surface area contributed by atoms with Crippen LogP contribution < -0.4 is 16.4 Å². The molecule has 0 saturated carbocycles. The van der Waals surface area contributed by atoms with Gasteiger partial charge in [0.25, 0.3) is 11.8 Å². The smallest absolute Gasteiger partial charge is 0.475 e. The number of alkyl halides is 3. The molecule has 4 rings (SSSR count). The van der Waals surface area contributed by atoms with Gasteiger partial charge in [-0.25, -0.2) is 18.6 Å². The third-order valence-electron chi connectivity index (χ3n) is 9.61. The number of aliphatic carboxylic acids is 1. The number of carbonyl (C=O) groups is 6. The van der Waals surface area contributed by atoms with E-state index < -0.39 is 83.5 Å². The summed E-state index contributed by atoms with van der Waals surface area (Å²) in [6.45, 7) is 7.43. The molecule has 0 radical (unpaired) electrons. The van der Waals surface area contributed by atoms with Gasteiger partial charge in [0.2, 0.25) is 17.7 Å². The molecule has 0 fully saturated rings. The van der Waals surface area contributed by atoms with Gasteiger partial charge in [0.1, 0.15) is 30.1 Å². The average Bonchev–Trinajstić information content (AvgIpc) is 3.77. The van der Waals surface area contributed by atoms with Crippen LogP contribution in [0.5, 0.6) is 0 Å². The van der Waals surface area contributed by atoms with Crippen LogP contribution in [0.3, 0.4) is 0 Å². The Balaban J connectivity index is 0.00000134. The zero-order chi connectivity index (χ0) is 46.4. The Kier molecular flexibility index (Phi) is 18.4. The van der Waals surface area contributed by atoms with Crippen molar-refractivity contribution in [3.63, 3.8) is 0 Å². The fourth-order valence-electron chi connectivity index (χ4n) is 6.49. The molecule has 3 atom stereocenters. The lowest BCUT2D eigenvalue weighted by molar-refractivity contribution is -0.192. The van der Waals surface area contributed by atoms with Gasteiger partial charge < -0.3 is 36.0 Å². The van der Waals surface area contributed by atoms with Gasteiger partial charge in [0.05, 0.1) is 17.8 Å². The molecule has 2 heterocycles. The maximum atomic E-state index is 15.0. The molecule has 5 amide bonds. The van der Waals surface area contributed by atoms with Gasteiger partial charge in [-0.15, -0.1) is 0 Å². The maximum Gasteiger partial charge on any atom is 0.490 e. The lowest BCUT2D eigenvalue weighted by Gasteiger charge is -2.40. The number of aromatic nitrogens is 2. The molecule has 1 aliphatic rings. The molecule has 0 unspecified atom stereocenters. The zero-order valence-electron chi connectivity index (χ0n) is 34.8. The van der Waals surface area contributed by atoms with Crippen molar-refractivity contribution in [3.05, 3.63) is 89.9 Å². The number of amides is 5. The van der Waals surface area contributed by atoms with Crippen molar-refractivity contribution in [2.45, 2.75) is 90.6 Å². The van der Waals surface area contributed by atoms with E-state index >= 15 is 0 Å². The van der Waals surface area contributed by atoms with Crippen molar-refractivity contribution in [1.29, 1.82) is 0 Å². The van der Waals surface area contributed by atoms with Crippen LogP contribution >= 0.6 is 0 Å². The van der Waals surface area contributed by atoms with Crippen LogP contribution in [0.2, 0.25) is 0 Å². The number of benzene rings is 2. The number of halogens is 5. The minimum atomic E-state index is -5.08. The van der Waals surface area contributed by atoms with Crippen LogP contribution in [0.1, 0.15) is 77.2 Å². The van der Waals surface area contributed by atoms with Gasteiger partial charge in [0, 0.05) is 50.1 Å². The second-order valence-electron chi connectivity index (χ2n) is 15.5. The second-order valence-corrected chi connectivity index (χ2v) is 15.5. The van der Waals surface area contributed by atoms with Crippen LogP contribution in [-0.2, 0) is 35.3 Å². The summed E-state index contributed by atoms with van der Waals surface area (Å²) in [5, 5.41) is 22.8. The molecule has 1 aliphatic heterocycles. The largest absolute Gasteiger partial charge is 0.490 e. The highest BCUT2D eigenvalue weighted by Crippen LogP contribution is 2.39. The summed E-state index contributed by atoms with van der Waals surface area (Å²) in [6.07, 6.45) is 1.72. The Morgan fingerprint density at radius 1 is 0.887 bits per heavy atom. The van der Waals surface area contributed by atoms with Crippen molar-refractivity contribution >= 4 is 35.5 Å². The zero-order valence-corrected chi connectivity index (χ0v) is 34.8. The molecule has 2 aromatic carbocycles. The highest BCUT2D eigenvalue weighted by molar-refractivity contribution is 6.15. The number of hydrogen-bond acceptors (Lipinski definition) is 9. The van der Waals surface area contributed by atoms with E-state index in [1.54, 1.807) is 10.8 Å². The fraction of sp³-hybridized carbons (Fsp3) is 0.452. The van der Waals surface area contributed by atoms with Crippen molar-refractivity contribution in [3.8, 4) is 11.3 Å². The Labute approximate surface area is 355 Å². The molecule has 20 heteroatoms. The molecular weight excluding hydrogens is 825 g/mol. The quantitative estimate of drug-likeness (QED) is 0.0656. The van der Waals surface area contributed by atoms with Crippen LogP contribution in [0.15, 0.2) is 66.9 Å². The summed E-state index contributed by atoms with van der Waals surface area (Å²) in [5.74, 6) is -6.12. The first kappa shape index (κ1) is 50.3. The summed E-state index contributed by atoms with van der Waals surface area (Å²) in [7, 11) is 0. The fourth-order valence-corrected chi connectivity index (χ4v) is 6.49. The number of carboxylic acid groups (broad SMARTS) is 1. The molecule has 15 nitrogen and oxygen atoms in total. The number of rotatable bonds is 19. The predicted octanol–water partition coefficient (Wildman–Crippen LogP) is 4.24. The Hall–Kier alpha value is -6.02. The van der Waals surface area contributed by atoms with Gasteiger partial charge in [-0.1, -0.05) is 63.9 Å². The van der Waals surface area contributed by atoms with Crippen LogP contribution in [-0.4, -0.2) is 110 Å². The topological polar surface area (TPSA) is 217 Å². The number of carboxylic acids is 1. The van der Waals surface area contributed by atoms with Crippen LogP contribution in [0, 0.1) is 17.0 Å². The van der Waals surface area contributed by atoms with E-state index in [9.17, 15) is 51.0 Å². The van der Waals surface area contributed by atoms with Crippen molar-refractivity contribution in [1.82, 2.24) is 30.0 Å². The van der Waals surface area contributed by atoms with E-state index in [0.717, 1.165) is 53.7 Å². The van der Waals surface area contributed by atoms with E-state index in [4.69, 9.17) is 20.6 Å². The van der Waals surface area contributed by atoms with Gasteiger partial charge in [-0.2, -0.15) is 13.2 Å². The number of imide groups is 1. The highest BCUT2D eigenvalue weighted by atomic mass is 19.4. The lowest BCUT2D eigenvalue weighted by Crippen LogP contribution is -2.48. The first-order chi connectivity index (χ1) is 29.1. The first-order valence-corrected chi connectivity index (χ1v) is 19.7. The van der Waals surface area contributed by atoms with E-state index in [2.05, 4.69) is 10.6 Å². The van der Waals surface area contributed by atoms with Crippen molar-refractivity contribution < 1.29 is 60.9 Å². The maximum absolute atomic E-state index is 15.0. The molecule has 3 aromatic rings. The minimum Gasteiger partial charge on any atom is -0.475 e. The molecule has 0 bridgehead atoms. The molecule has 0 saturated heterocycles. The molecule has 1 aromatic heterocycles. The first-order valence-electron chi connectivity index (χ1n) is 19.7. The van der Waals surface area contributed by atoms with Crippen LogP contribution in [0.4, 0.5) is 22.0 Å². The molecule has 62 heavy (non-hydrogen) atoms. The van der Waals surface area contributed by atoms with E-state index in [0.29, 0.717) is 38.3 Å². The summed E-state index contributed by atoms with van der Waals surface area (Å²) >= 11 is 0. The van der Waals surface area contributed by atoms with Crippen LogP contribution in [0.25, 0.3) is 11.3 Å². The molecule has 338 valence electrons. The number of nitrogens with zero attached hydrogens (tertiary/aromatic N) is 4. The number of unbranched alkanes of at least 4 members (excludes halogenated alkanes) is 3. The lowest BCUT2D eigenvalue weighted by atomic mass is 9.84. The number of hydrogen-bond donors (Lipinski definition) is 5. The van der Waals surface area contributed by atoms with E-state index in [1.807, 2.05) is 51.1 Å². The Bertz CT molecular complexity index is 2050. The number of nitrogens with two attached hydrogens (primary N) is 1. The predicted molar refractivity (Wildman–Crippen MR) is 215 cm³/mol. The SMILES string of the molecule is C[C@H](C(=O)NCCCCCCNC(=O)[C@@H](N)CCN(C(=O)CO)[C@@H](c1nc(-c2cc(F)ccc2F)cn1Cc1ccccc1)C(C)(C)C)N1C(=O)C=CC1=O.O=C(O)C(F)(F)F. The molecule has 6 N–H and O–H groups in total. The van der Waals surface area contributed by atoms with Gasteiger partial charge in [0.15, 0.2) is 0 Å². The Morgan fingerprint density at radius 3 is 1.98 bits per heavy atom. The number of imidazole rings is 1. The molecule has 0 spiro atoms. The monoisotopic (exact) mass is 877 g/mol.